The zero-order valence-electron chi connectivity index (χ0n) is 13.4. The fraction of sp³-hybridized carbons (Fsp3) is 0.333. The largest absolute Gasteiger partial charge is 0.393 e. The van der Waals surface area contributed by atoms with E-state index < -0.39 is 0 Å². The van der Waals surface area contributed by atoms with Gasteiger partial charge in [-0.25, -0.2) is 0 Å². The van der Waals surface area contributed by atoms with Crippen LogP contribution in [-0.2, 0) is 0 Å². The molecular formula is C18H21N5O. The molecule has 0 bridgehead atoms. The standard InChI is InChI=1S/C18H21N5O/c24-15-11-9-14(10-12-15)19-16-7-4-8-17-21-18(22-23(16)17)20-13-5-2-1-3-6-13/h1-8,14-15,19,24H,9-12H2,(H,20,22). The number of rotatable bonds is 4. The molecular weight excluding hydrogens is 302 g/mol. The van der Waals surface area contributed by atoms with Crippen LogP contribution in [-0.4, -0.2) is 31.9 Å². The number of anilines is 3. The molecule has 1 aliphatic carbocycles. The van der Waals surface area contributed by atoms with E-state index in [1.54, 1.807) is 0 Å². The second kappa shape index (κ2) is 6.49. The third-order valence-corrected chi connectivity index (χ3v) is 4.44. The number of hydrogen-bond donors (Lipinski definition) is 3. The van der Waals surface area contributed by atoms with Crippen LogP contribution in [0.2, 0.25) is 0 Å². The molecule has 0 unspecified atom stereocenters. The third-order valence-electron chi connectivity index (χ3n) is 4.44. The van der Waals surface area contributed by atoms with E-state index in [4.69, 9.17) is 0 Å². The zero-order valence-corrected chi connectivity index (χ0v) is 13.4. The Hall–Kier alpha value is -2.60. The van der Waals surface area contributed by atoms with Crippen molar-refractivity contribution in [3.63, 3.8) is 0 Å². The van der Waals surface area contributed by atoms with Crippen LogP contribution in [0, 0.1) is 0 Å². The van der Waals surface area contributed by atoms with Crippen molar-refractivity contribution in [2.75, 3.05) is 10.6 Å². The van der Waals surface area contributed by atoms with Gasteiger partial charge >= 0.3 is 0 Å². The second-order valence-electron chi connectivity index (χ2n) is 6.26. The summed E-state index contributed by atoms with van der Waals surface area (Å²) in [5.74, 6) is 1.51. The molecule has 24 heavy (non-hydrogen) atoms. The molecule has 1 saturated carbocycles. The number of fused-ring (bicyclic) bond motifs is 1. The van der Waals surface area contributed by atoms with Gasteiger partial charge in [-0.05, 0) is 49.9 Å². The van der Waals surface area contributed by atoms with Crippen molar-refractivity contribution in [2.45, 2.75) is 37.8 Å². The van der Waals surface area contributed by atoms with E-state index in [1.165, 1.54) is 0 Å². The highest BCUT2D eigenvalue weighted by atomic mass is 16.3. The molecule has 1 aliphatic rings. The molecule has 0 spiro atoms. The van der Waals surface area contributed by atoms with E-state index in [9.17, 15) is 5.11 Å². The minimum absolute atomic E-state index is 0.146. The van der Waals surface area contributed by atoms with Crippen LogP contribution in [0.4, 0.5) is 17.5 Å². The SMILES string of the molecule is OC1CCC(Nc2cccc3nc(Nc4ccccc4)nn23)CC1. The molecule has 0 aliphatic heterocycles. The summed E-state index contributed by atoms with van der Waals surface area (Å²) < 4.78 is 1.83. The number of aliphatic hydroxyl groups excluding tert-OH is 1. The monoisotopic (exact) mass is 323 g/mol. The van der Waals surface area contributed by atoms with Gasteiger partial charge in [0.25, 0.3) is 0 Å². The summed E-state index contributed by atoms with van der Waals surface area (Å²) in [4.78, 5) is 4.53. The first kappa shape index (κ1) is 15.0. The summed E-state index contributed by atoms with van der Waals surface area (Å²) in [7, 11) is 0. The fourth-order valence-electron chi connectivity index (χ4n) is 3.15. The number of aromatic nitrogens is 3. The zero-order chi connectivity index (χ0) is 16.4. The van der Waals surface area contributed by atoms with Crippen molar-refractivity contribution >= 4 is 23.1 Å². The van der Waals surface area contributed by atoms with Gasteiger partial charge in [-0.2, -0.15) is 9.50 Å². The highest BCUT2D eigenvalue weighted by Gasteiger charge is 2.20. The van der Waals surface area contributed by atoms with Crippen LogP contribution in [0.3, 0.4) is 0 Å². The van der Waals surface area contributed by atoms with Gasteiger partial charge in [0.05, 0.1) is 6.10 Å². The van der Waals surface area contributed by atoms with Crippen LogP contribution in [0.1, 0.15) is 25.7 Å². The Morgan fingerprint density at radius 1 is 0.958 bits per heavy atom. The summed E-state index contributed by atoms with van der Waals surface area (Å²) in [5, 5.41) is 21.0. The number of pyridine rings is 1. The van der Waals surface area contributed by atoms with E-state index in [0.29, 0.717) is 12.0 Å². The molecule has 124 valence electrons. The van der Waals surface area contributed by atoms with Crippen molar-refractivity contribution in [3.05, 3.63) is 48.5 Å². The van der Waals surface area contributed by atoms with Gasteiger partial charge in [0.2, 0.25) is 5.95 Å². The number of benzene rings is 1. The fourth-order valence-corrected chi connectivity index (χ4v) is 3.15. The molecule has 6 heteroatoms. The molecule has 1 fully saturated rings. The first-order valence-electron chi connectivity index (χ1n) is 8.40. The highest BCUT2D eigenvalue weighted by molar-refractivity contribution is 5.57. The van der Waals surface area contributed by atoms with Crippen LogP contribution < -0.4 is 10.6 Å². The molecule has 0 atom stereocenters. The van der Waals surface area contributed by atoms with E-state index >= 15 is 0 Å². The second-order valence-corrected chi connectivity index (χ2v) is 6.26. The smallest absolute Gasteiger partial charge is 0.247 e. The predicted octanol–water partition coefficient (Wildman–Crippen LogP) is 3.19. The Morgan fingerprint density at radius 3 is 2.54 bits per heavy atom. The van der Waals surface area contributed by atoms with Crippen molar-refractivity contribution in [2.24, 2.45) is 0 Å². The molecule has 4 rings (SSSR count). The quantitative estimate of drug-likeness (QED) is 0.687. The van der Waals surface area contributed by atoms with E-state index in [-0.39, 0.29) is 6.10 Å². The van der Waals surface area contributed by atoms with Gasteiger partial charge in [-0.3, -0.25) is 0 Å². The molecule has 3 N–H and O–H groups in total. The normalized spacial score (nSPS) is 20.9. The van der Waals surface area contributed by atoms with E-state index in [0.717, 1.165) is 42.8 Å². The number of nitrogens with zero attached hydrogens (tertiary/aromatic N) is 3. The van der Waals surface area contributed by atoms with Gasteiger partial charge in [0.1, 0.15) is 5.82 Å². The Labute approximate surface area is 140 Å². The highest BCUT2D eigenvalue weighted by Crippen LogP contribution is 2.23. The van der Waals surface area contributed by atoms with Crippen molar-refractivity contribution in [3.8, 4) is 0 Å². The lowest BCUT2D eigenvalue weighted by Crippen LogP contribution is -2.29. The van der Waals surface area contributed by atoms with Crippen LogP contribution in [0.15, 0.2) is 48.5 Å². The average Bonchev–Trinajstić information content (AvgIpc) is 3.01. The minimum atomic E-state index is -0.146. The van der Waals surface area contributed by atoms with Crippen LogP contribution >= 0.6 is 0 Å². The summed E-state index contributed by atoms with van der Waals surface area (Å²) in [6.45, 7) is 0. The Morgan fingerprint density at radius 2 is 1.75 bits per heavy atom. The van der Waals surface area contributed by atoms with Gasteiger partial charge in [-0.1, -0.05) is 24.3 Å². The molecule has 0 saturated heterocycles. The van der Waals surface area contributed by atoms with Crippen LogP contribution in [0.5, 0.6) is 0 Å². The van der Waals surface area contributed by atoms with Crippen molar-refractivity contribution < 1.29 is 5.11 Å². The lowest BCUT2D eigenvalue weighted by atomic mass is 9.93. The first-order chi connectivity index (χ1) is 11.8. The van der Waals surface area contributed by atoms with Crippen LogP contribution in [0.25, 0.3) is 5.65 Å². The molecule has 2 aromatic heterocycles. The molecule has 1 aromatic carbocycles. The van der Waals surface area contributed by atoms with E-state index in [1.807, 2.05) is 53.0 Å². The van der Waals surface area contributed by atoms with Gasteiger partial charge < -0.3 is 15.7 Å². The summed E-state index contributed by atoms with van der Waals surface area (Å²) >= 11 is 0. The molecule has 0 amide bonds. The minimum Gasteiger partial charge on any atom is -0.393 e. The number of aliphatic hydroxyl groups is 1. The van der Waals surface area contributed by atoms with Crippen molar-refractivity contribution in [1.29, 1.82) is 0 Å². The third kappa shape index (κ3) is 3.19. The number of para-hydroxylation sites is 1. The molecule has 2 heterocycles. The maximum Gasteiger partial charge on any atom is 0.247 e. The maximum atomic E-state index is 9.64. The first-order valence-corrected chi connectivity index (χ1v) is 8.40. The topological polar surface area (TPSA) is 74.5 Å². The van der Waals surface area contributed by atoms with Crippen molar-refractivity contribution in [1.82, 2.24) is 14.6 Å². The summed E-state index contributed by atoms with van der Waals surface area (Å²) in [6.07, 6.45) is 3.51. The molecule has 6 nitrogen and oxygen atoms in total. The Kier molecular flexibility index (Phi) is 4.04. The summed E-state index contributed by atoms with van der Waals surface area (Å²) in [6, 6.07) is 16.2. The van der Waals surface area contributed by atoms with E-state index in [2.05, 4.69) is 20.7 Å². The molecule has 3 aromatic rings. The molecule has 0 radical (unpaired) electrons. The average molecular weight is 323 g/mol. The number of hydrogen-bond acceptors (Lipinski definition) is 5. The van der Waals surface area contributed by atoms with Gasteiger partial charge in [0.15, 0.2) is 5.65 Å². The summed E-state index contributed by atoms with van der Waals surface area (Å²) in [5.41, 5.74) is 1.76. The van der Waals surface area contributed by atoms with Gasteiger partial charge in [0, 0.05) is 11.7 Å². The lowest BCUT2D eigenvalue weighted by Gasteiger charge is -2.26. The predicted molar refractivity (Wildman–Crippen MR) is 94.6 cm³/mol. The Balaban J connectivity index is 1.56. The number of nitrogens with one attached hydrogen (secondary N) is 2. The Bertz CT molecular complexity index is 809. The van der Waals surface area contributed by atoms with Gasteiger partial charge in [-0.15, -0.1) is 5.10 Å². The lowest BCUT2D eigenvalue weighted by molar-refractivity contribution is 0.126. The maximum absolute atomic E-state index is 9.64.